The quantitative estimate of drug-likeness (QED) is 0.860. The number of rotatable bonds is 4. The summed E-state index contributed by atoms with van der Waals surface area (Å²) < 4.78 is 5.67. The highest BCUT2D eigenvalue weighted by Crippen LogP contribution is 2.35. The second kappa shape index (κ2) is 7.12. The number of amides is 1. The van der Waals surface area contributed by atoms with Crippen LogP contribution < -0.4 is 0 Å². The molecule has 1 saturated heterocycles. The van der Waals surface area contributed by atoms with E-state index >= 15 is 0 Å². The van der Waals surface area contributed by atoms with Crippen LogP contribution in [0.2, 0.25) is 0 Å². The number of furan rings is 1. The first-order chi connectivity index (χ1) is 12.0. The van der Waals surface area contributed by atoms with Gasteiger partial charge in [-0.3, -0.25) is 4.79 Å². The molecule has 1 fully saturated rings. The first-order valence-corrected chi connectivity index (χ1v) is 8.53. The Hall–Kier alpha value is -2.58. The lowest BCUT2D eigenvalue weighted by molar-refractivity contribution is 0.0656. The summed E-state index contributed by atoms with van der Waals surface area (Å²) in [4.78, 5) is 16.5. The highest BCUT2D eigenvalue weighted by molar-refractivity contribution is 5.91. The molecule has 25 heavy (non-hydrogen) atoms. The third kappa shape index (κ3) is 3.59. The second-order valence-corrected chi connectivity index (χ2v) is 6.86. The lowest BCUT2D eigenvalue weighted by Crippen LogP contribution is -2.44. The van der Waals surface area contributed by atoms with Crippen LogP contribution in [0.3, 0.4) is 0 Å². The highest BCUT2D eigenvalue weighted by Gasteiger charge is 2.38. The number of nitriles is 1. The van der Waals surface area contributed by atoms with E-state index in [1.165, 1.54) is 0 Å². The van der Waals surface area contributed by atoms with Gasteiger partial charge in [0.2, 0.25) is 0 Å². The molecular formula is C20H23N3O2. The number of hydrogen-bond acceptors (Lipinski definition) is 4. The van der Waals surface area contributed by atoms with Gasteiger partial charge in [0.25, 0.3) is 5.91 Å². The zero-order valence-corrected chi connectivity index (χ0v) is 14.7. The average Bonchev–Trinajstić information content (AvgIpc) is 3.09. The lowest BCUT2D eigenvalue weighted by Gasteiger charge is -2.37. The maximum atomic E-state index is 12.7. The van der Waals surface area contributed by atoms with E-state index in [9.17, 15) is 10.1 Å². The van der Waals surface area contributed by atoms with Gasteiger partial charge in [-0.15, -0.1) is 0 Å². The van der Waals surface area contributed by atoms with Gasteiger partial charge in [0.1, 0.15) is 5.76 Å². The Labute approximate surface area is 148 Å². The zero-order valence-electron chi connectivity index (χ0n) is 14.7. The summed E-state index contributed by atoms with van der Waals surface area (Å²) in [6, 6.07) is 16.0. The normalized spacial score (nSPS) is 16.6. The Morgan fingerprint density at radius 1 is 1.20 bits per heavy atom. The molecule has 0 bridgehead atoms. The van der Waals surface area contributed by atoms with E-state index in [0.29, 0.717) is 38.2 Å². The van der Waals surface area contributed by atoms with Gasteiger partial charge in [0.15, 0.2) is 5.76 Å². The third-order valence-corrected chi connectivity index (χ3v) is 4.79. The van der Waals surface area contributed by atoms with Crippen LogP contribution >= 0.6 is 0 Å². The molecule has 0 aliphatic carbocycles. The van der Waals surface area contributed by atoms with Crippen molar-refractivity contribution in [1.29, 1.82) is 5.26 Å². The van der Waals surface area contributed by atoms with Crippen LogP contribution in [0.5, 0.6) is 0 Å². The van der Waals surface area contributed by atoms with Crippen LogP contribution in [0.1, 0.15) is 34.7 Å². The summed E-state index contributed by atoms with van der Waals surface area (Å²) >= 11 is 0. The van der Waals surface area contributed by atoms with Crippen molar-refractivity contribution in [1.82, 2.24) is 9.80 Å². The van der Waals surface area contributed by atoms with Gasteiger partial charge in [0, 0.05) is 13.1 Å². The Morgan fingerprint density at radius 2 is 1.88 bits per heavy atom. The number of likely N-dealkylation sites (tertiary alicyclic amines) is 1. The molecule has 2 heterocycles. The minimum absolute atomic E-state index is 0.0930. The van der Waals surface area contributed by atoms with Crippen LogP contribution in [0, 0.1) is 11.3 Å². The van der Waals surface area contributed by atoms with Crippen LogP contribution in [0.25, 0.3) is 0 Å². The molecule has 3 rings (SSSR count). The molecule has 0 N–H and O–H groups in total. The molecule has 1 aromatic heterocycles. The summed E-state index contributed by atoms with van der Waals surface area (Å²) in [5.41, 5.74) is 0.535. The summed E-state index contributed by atoms with van der Waals surface area (Å²) in [6.45, 7) is 1.79. The minimum Gasteiger partial charge on any atom is -0.455 e. The average molecular weight is 337 g/mol. The van der Waals surface area contributed by atoms with E-state index in [4.69, 9.17) is 4.42 Å². The van der Waals surface area contributed by atoms with E-state index in [0.717, 1.165) is 11.3 Å². The summed E-state index contributed by atoms with van der Waals surface area (Å²) in [7, 11) is 3.92. The summed E-state index contributed by atoms with van der Waals surface area (Å²) in [5.74, 6) is 1.06. The molecule has 0 unspecified atom stereocenters. The van der Waals surface area contributed by atoms with Gasteiger partial charge in [0.05, 0.1) is 18.0 Å². The molecule has 5 nitrogen and oxygen atoms in total. The zero-order chi connectivity index (χ0) is 17.9. The molecule has 0 saturated carbocycles. The van der Waals surface area contributed by atoms with Gasteiger partial charge in [-0.25, -0.2) is 0 Å². The molecule has 130 valence electrons. The highest BCUT2D eigenvalue weighted by atomic mass is 16.4. The van der Waals surface area contributed by atoms with Crippen LogP contribution in [0.4, 0.5) is 0 Å². The van der Waals surface area contributed by atoms with Gasteiger partial charge in [-0.1, -0.05) is 30.3 Å². The summed E-state index contributed by atoms with van der Waals surface area (Å²) in [6.07, 6.45) is 1.29. The van der Waals surface area contributed by atoms with Gasteiger partial charge in [-0.2, -0.15) is 5.26 Å². The molecule has 1 amide bonds. The Morgan fingerprint density at radius 3 is 2.48 bits per heavy atom. The molecule has 1 aromatic carbocycles. The van der Waals surface area contributed by atoms with Gasteiger partial charge in [-0.05, 0) is 44.6 Å². The van der Waals surface area contributed by atoms with E-state index in [2.05, 4.69) is 6.07 Å². The monoisotopic (exact) mass is 337 g/mol. The van der Waals surface area contributed by atoms with Crippen molar-refractivity contribution in [2.45, 2.75) is 24.8 Å². The SMILES string of the molecule is CN(C)Cc1ccc(C(=O)N2CCC(C#N)(c3ccccc3)CC2)o1. The van der Waals surface area contributed by atoms with Crippen molar-refractivity contribution in [3.63, 3.8) is 0 Å². The van der Waals surface area contributed by atoms with Crippen molar-refractivity contribution >= 4 is 5.91 Å². The number of nitrogens with zero attached hydrogens (tertiary/aromatic N) is 3. The first kappa shape index (κ1) is 17.2. The van der Waals surface area contributed by atoms with Gasteiger partial charge < -0.3 is 14.2 Å². The van der Waals surface area contributed by atoms with Crippen molar-refractivity contribution in [3.05, 3.63) is 59.5 Å². The van der Waals surface area contributed by atoms with Crippen molar-refractivity contribution in [3.8, 4) is 6.07 Å². The van der Waals surface area contributed by atoms with E-state index in [1.54, 1.807) is 11.0 Å². The number of benzene rings is 1. The number of carbonyl (C=O) groups excluding carboxylic acids is 1. The van der Waals surface area contributed by atoms with E-state index in [-0.39, 0.29) is 5.91 Å². The predicted octanol–water partition coefficient (Wildman–Crippen LogP) is 3.04. The Bertz CT molecular complexity index is 766. The summed E-state index contributed by atoms with van der Waals surface area (Å²) in [5, 5.41) is 9.75. The molecule has 1 aliphatic heterocycles. The maximum absolute atomic E-state index is 12.7. The number of hydrogen-bond donors (Lipinski definition) is 0. The first-order valence-electron chi connectivity index (χ1n) is 8.53. The van der Waals surface area contributed by atoms with Crippen molar-refractivity contribution in [2.24, 2.45) is 0 Å². The molecule has 0 spiro atoms. The van der Waals surface area contributed by atoms with E-state index < -0.39 is 5.41 Å². The molecular weight excluding hydrogens is 314 g/mol. The smallest absolute Gasteiger partial charge is 0.289 e. The van der Waals surface area contributed by atoms with E-state index in [1.807, 2.05) is 55.4 Å². The fourth-order valence-electron chi connectivity index (χ4n) is 3.36. The molecule has 1 aliphatic rings. The fraction of sp³-hybridized carbons (Fsp3) is 0.400. The standard InChI is InChI=1S/C20H23N3O2/c1-22(2)14-17-8-9-18(25-17)19(24)23-12-10-20(15-21,11-13-23)16-6-4-3-5-7-16/h3-9H,10-14H2,1-2H3. The Kier molecular flexibility index (Phi) is 4.91. The van der Waals surface area contributed by atoms with Crippen LogP contribution in [0.15, 0.2) is 46.9 Å². The number of piperidine rings is 1. The largest absolute Gasteiger partial charge is 0.455 e. The molecule has 0 atom stereocenters. The van der Waals surface area contributed by atoms with Gasteiger partial charge >= 0.3 is 0 Å². The molecule has 5 heteroatoms. The van der Waals surface area contributed by atoms with Crippen molar-refractivity contribution in [2.75, 3.05) is 27.2 Å². The minimum atomic E-state index is -0.503. The predicted molar refractivity (Wildman–Crippen MR) is 95.0 cm³/mol. The third-order valence-electron chi connectivity index (χ3n) is 4.79. The second-order valence-electron chi connectivity index (χ2n) is 6.86. The topological polar surface area (TPSA) is 60.5 Å². The van der Waals surface area contributed by atoms with Crippen LogP contribution in [-0.2, 0) is 12.0 Å². The Balaban J connectivity index is 1.68. The maximum Gasteiger partial charge on any atom is 0.289 e. The van der Waals surface area contributed by atoms with Crippen LogP contribution in [-0.4, -0.2) is 42.9 Å². The molecule has 0 radical (unpaired) electrons. The van der Waals surface area contributed by atoms with Crippen molar-refractivity contribution < 1.29 is 9.21 Å². The lowest BCUT2D eigenvalue weighted by atomic mass is 9.74. The number of carbonyl (C=O) groups is 1. The molecule has 2 aromatic rings. The fourth-order valence-corrected chi connectivity index (χ4v) is 3.36.